The summed E-state index contributed by atoms with van der Waals surface area (Å²) in [5, 5.41) is 2.80. The van der Waals surface area contributed by atoms with Crippen LogP contribution in [0.1, 0.15) is 15.9 Å². The summed E-state index contributed by atoms with van der Waals surface area (Å²) in [4.78, 5) is 18.8. The number of benzene rings is 2. The molecule has 0 atom stereocenters. The quantitative estimate of drug-likeness (QED) is 0.733. The van der Waals surface area contributed by atoms with Crippen LogP contribution < -0.4 is 15.0 Å². The maximum Gasteiger partial charge on any atom is 0.256 e. The van der Waals surface area contributed by atoms with E-state index in [4.69, 9.17) is 4.74 Å². The molecule has 0 unspecified atom stereocenters. The van der Waals surface area contributed by atoms with Gasteiger partial charge in [0.05, 0.1) is 19.0 Å². The Kier molecular flexibility index (Phi) is 5.49. The molecule has 1 amide bonds. The summed E-state index contributed by atoms with van der Waals surface area (Å²) in [5.41, 5.74) is 2.73. The van der Waals surface area contributed by atoms with Gasteiger partial charge in [0.1, 0.15) is 11.6 Å². The standard InChI is InChI=1S/C21H21N3O2/c1-24(15-16-7-4-3-5-8-16)18-11-12-20(22-14-18)23-21(25)17-9-6-10-19(13-17)26-2/h3-14H,15H2,1-2H3,(H,22,23,25). The Morgan fingerprint density at radius 2 is 1.88 bits per heavy atom. The van der Waals surface area contributed by atoms with Gasteiger partial charge in [-0.1, -0.05) is 36.4 Å². The van der Waals surface area contributed by atoms with Gasteiger partial charge in [0, 0.05) is 19.2 Å². The second-order valence-electron chi connectivity index (χ2n) is 5.93. The summed E-state index contributed by atoms with van der Waals surface area (Å²) in [6.07, 6.45) is 1.75. The molecule has 0 radical (unpaired) electrons. The minimum atomic E-state index is -0.221. The molecule has 0 aliphatic heterocycles. The Morgan fingerprint density at radius 3 is 2.58 bits per heavy atom. The lowest BCUT2D eigenvalue weighted by atomic mass is 10.2. The number of anilines is 2. The van der Waals surface area contributed by atoms with Crippen molar-refractivity contribution in [1.29, 1.82) is 0 Å². The van der Waals surface area contributed by atoms with E-state index in [0.29, 0.717) is 17.1 Å². The Hall–Kier alpha value is -3.34. The van der Waals surface area contributed by atoms with Gasteiger partial charge in [-0.3, -0.25) is 4.79 Å². The van der Waals surface area contributed by atoms with Crippen molar-refractivity contribution in [3.8, 4) is 5.75 Å². The predicted octanol–water partition coefficient (Wildman–Crippen LogP) is 3.98. The lowest BCUT2D eigenvalue weighted by Crippen LogP contribution is -2.17. The van der Waals surface area contributed by atoms with Gasteiger partial charge in [-0.05, 0) is 35.9 Å². The monoisotopic (exact) mass is 347 g/mol. The number of carbonyl (C=O) groups is 1. The molecule has 0 saturated carbocycles. The Labute approximate surface area is 153 Å². The van der Waals surface area contributed by atoms with E-state index in [9.17, 15) is 4.79 Å². The molecule has 3 rings (SSSR count). The highest BCUT2D eigenvalue weighted by molar-refractivity contribution is 6.04. The van der Waals surface area contributed by atoms with Crippen LogP contribution in [-0.2, 0) is 6.54 Å². The summed E-state index contributed by atoms with van der Waals surface area (Å²) in [6, 6.07) is 21.0. The van der Waals surface area contributed by atoms with Crippen molar-refractivity contribution in [3.05, 3.63) is 84.1 Å². The van der Waals surface area contributed by atoms with Gasteiger partial charge < -0.3 is 15.0 Å². The first-order chi connectivity index (χ1) is 12.7. The number of hydrogen-bond donors (Lipinski definition) is 1. The topological polar surface area (TPSA) is 54.5 Å². The third kappa shape index (κ3) is 4.39. The molecule has 0 fully saturated rings. The van der Waals surface area contributed by atoms with Crippen LogP contribution in [0.5, 0.6) is 5.75 Å². The molecule has 132 valence electrons. The molecule has 2 aromatic carbocycles. The summed E-state index contributed by atoms with van der Waals surface area (Å²) >= 11 is 0. The largest absolute Gasteiger partial charge is 0.497 e. The Morgan fingerprint density at radius 1 is 1.08 bits per heavy atom. The van der Waals surface area contributed by atoms with E-state index in [1.165, 1.54) is 5.56 Å². The lowest BCUT2D eigenvalue weighted by Gasteiger charge is -2.19. The van der Waals surface area contributed by atoms with Gasteiger partial charge in [-0.15, -0.1) is 0 Å². The SMILES string of the molecule is COc1cccc(C(=O)Nc2ccc(N(C)Cc3ccccc3)cn2)c1. The van der Waals surface area contributed by atoms with Crippen molar-refractivity contribution < 1.29 is 9.53 Å². The molecule has 1 heterocycles. The minimum absolute atomic E-state index is 0.221. The number of hydrogen-bond acceptors (Lipinski definition) is 4. The van der Waals surface area contributed by atoms with Crippen molar-refractivity contribution in [2.45, 2.75) is 6.54 Å². The second kappa shape index (κ2) is 8.16. The molecule has 26 heavy (non-hydrogen) atoms. The smallest absolute Gasteiger partial charge is 0.256 e. The molecular formula is C21H21N3O2. The van der Waals surface area contributed by atoms with Crippen LogP contribution in [0.4, 0.5) is 11.5 Å². The van der Waals surface area contributed by atoms with Crippen molar-refractivity contribution in [1.82, 2.24) is 4.98 Å². The highest BCUT2D eigenvalue weighted by atomic mass is 16.5. The fraction of sp³-hybridized carbons (Fsp3) is 0.143. The van der Waals surface area contributed by atoms with Crippen LogP contribution >= 0.6 is 0 Å². The number of methoxy groups -OCH3 is 1. The fourth-order valence-electron chi connectivity index (χ4n) is 2.59. The van der Waals surface area contributed by atoms with Gasteiger partial charge in [0.2, 0.25) is 0 Å². The molecule has 0 aliphatic rings. The number of pyridine rings is 1. The predicted molar refractivity (Wildman–Crippen MR) is 104 cm³/mol. The minimum Gasteiger partial charge on any atom is -0.497 e. The number of ether oxygens (including phenoxy) is 1. The maximum atomic E-state index is 12.3. The van der Waals surface area contributed by atoms with Crippen molar-refractivity contribution in [2.24, 2.45) is 0 Å². The van der Waals surface area contributed by atoms with Crippen molar-refractivity contribution in [2.75, 3.05) is 24.4 Å². The van der Waals surface area contributed by atoms with E-state index in [-0.39, 0.29) is 5.91 Å². The number of rotatable bonds is 6. The average Bonchev–Trinajstić information content (AvgIpc) is 2.69. The van der Waals surface area contributed by atoms with Gasteiger partial charge in [0.15, 0.2) is 0 Å². The molecule has 0 spiro atoms. The normalized spacial score (nSPS) is 10.2. The van der Waals surface area contributed by atoms with E-state index in [1.807, 2.05) is 31.3 Å². The van der Waals surface area contributed by atoms with Crippen LogP contribution in [0, 0.1) is 0 Å². The fourth-order valence-corrected chi connectivity index (χ4v) is 2.59. The van der Waals surface area contributed by atoms with Crippen LogP contribution in [0.25, 0.3) is 0 Å². The van der Waals surface area contributed by atoms with Gasteiger partial charge >= 0.3 is 0 Å². The van der Waals surface area contributed by atoms with Gasteiger partial charge in [0.25, 0.3) is 5.91 Å². The maximum absolute atomic E-state index is 12.3. The lowest BCUT2D eigenvalue weighted by molar-refractivity contribution is 0.102. The number of amides is 1. The zero-order chi connectivity index (χ0) is 18.4. The Bertz CT molecular complexity index is 864. The van der Waals surface area contributed by atoms with Gasteiger partial charge in [-0.25, -0.2) is 4.98 Å². The van der Waals surface area contributed by atoms with Crippen LogP contribution in [0.3, 0.4) is 0 Å². The van der Waals surface area contributed by atoms with E-state index < -0.39 is 0 Å². The second-order valence-corrected chi connectivity index (χ2v) is 5.93. The molecular weight excluding hydrogens is 326 g/mol. The molecule has 0 bridgehead atoms. The van der Waals surface area contributed by atoms with Crippen LogP contribution in [-0.4, -0.2) is 25.0 Å². The highest BCUT2D eigenvalue weighted by Crippen LogP contribution is 2.18. The molecule has 0 saturated heterocycles. The molecule has 0 aliphatic carbocycles. The molecule has 1 aromatic heterocycles. The summed E-state index contributed by atoms with van der Waals surface area (Å²) in [6.45, 7) is 0.790. The molecule has 5 nitrogen and oxygen atoms in total. The molecule has 5 heteroatoms. The third-order valence-electron chi connectivity index (χ3n) is 4.02. The van der Waals surface area contributed by atoms with Crippen LogP contribution in [0.15, 0.2) is 72.9 Å². The van der Waals surface area contributed by atoms with Gasteiger partial charge in [-0.2, -0.15) is 0 Å². The first-order valence-electron chi connectivity index (χ1n) is 8.32. The average molecular weight is 347 g/mol. The van der Waals surface area contributed by atoms with E-state index in [0.717, 1.165) is 12.2 Å². The van der Waals surface area contributed by atoms with Crippen LogP contribution in [0.2, 0.25) is 0 Å². The zero-order valence-electron chi connectivity index (χ0n) is 14.8. The molecule has 1 N–H and O–H groups in total. The van der Waals surface area contributed by atoms with E-state index in [1.54, 1.807) is 43.6 Å². The third-order valence-corrected chi connectivity index (χ3v) is 4.02. The summed E-state index contributed by atoms with van der Waals surface area (Å²) in [5.74, 6) is 0.931. The number of carbonyl (C=O) groups excluding carboxylic acids is 1. The zero-order valence-corrected chi connectivity index (χ0v) is 14.8. The molecule has 3 aromatic rings. The van der Waals surface area contributed by atoms with Crippen molar-refractivity contribution in [3.63, 3.8) is 0 Å². The first-order valence-corrected chi connectivity index (χ1v) is 8.32. The number of nitrogens with one attached hydrogen (secondary N) is 1. The number of nitrogens with zero attached hydrogens (tertiary/aromatic N) is 2. The van der Waals surface area contributed by atoms with Crippen molar-refractivity contribution >= 4 is 17.4 Å². The Balaban J connectivity index is 1.64. The first kappa shape index (κ1) is 17.5. The summed E-state index contributed by atoms with van der Waals surface area (Å²) < 4.78 is 5.14. The van der Waals surface area contributed by atoms with E-state index in [2.05, 4.69) is 27.3 Å². The highest BCUT2D eigenvalue weighted by Gasteiger charge is 2.09. The summed E-state index contributed by atoms with van der Waals surface area (Å²) in [7, 11) is 3.59. The van der Waals surface area contributed by atoms with E-state index >= 15 is 0 Å². The number of aromatic nitrogens is 1.